The summed E-state index contributed by atoms with van der Waals surface area (Å²) in [6, 6.07) is 5.42. The maximum atomic E-state index is 10.7. The average molecular weight is 175 g/mol. The largest absolute Gasteiger partial charge is 0.369 e. The molecule has 13 heavy (non-hydrogen) atoms. The molecule has 0 radical (unpaired) electrons. The van der Waals surface area contributed by atoms with E-state index in [1.807, 2.05) is 19.2 Å². The summed E-state index contributed by atoms with van der Waals surface area (Å²) < 4.78 is 1.75. The number of imidazole rings is 1. The second-order valence-corrected chi connectivity index (χ2v) is 2.86. The third-order valence-corrected chi connectivity index (χ3v) is 2.10. The van der Waals surface area contributed by atoms with Crippen LogP contribution >= 0.6 is 0 Å². The molecule has 0 bridgehead atoms. The van der Waals surface area contributed by atoms with E-state index in [9.17, 15) is 4.79 Å². The molecule has 2 N–H and O–H groups in total. The first-order valence-electron chi connectivity index (χ1n) is 3.90. The van der Waals surface area contributed by atoms with Crippen molar-refractivity contribution in [3.05, 3.63) is 23.8 Å². The highest BCUT2D eigenvalue weighted by Crippen LogP contribution is 2.18. The number of nitrogens with two attached hydrogens (primary N) is 1. The van der Waals surface area contributed by atoms with Gasteiger partial charge in [-0.15, -0.1) is 0 Å². The number of nitrogen functional groups attached to an aromatic ring is 1. The molecule has 2 rings (SSSR count). The van der Waals surface area contributed by atoms with Gasteiger partial charge in [-0.1, -0.05) is 6.07 Å². The van der Waals surface area contributed by atoms with Crippen LogP contribution in [0.3, 0.4) is 0 Å². The van der Waals surface area contributed by atoms with Crippen molar-refractivity contribution in [1.29, 1.82) is 0 Å². The summed E-state index contributed by atoms with van der Waals surface area (Å²) >= 11 is 0. The zero-order valence-electron chi connectivity index (χ0n) is 7.19. The Labute approximate surface area is 75.0 Å². The van der Waals surface area contributed by atoms with Gasteiger partial charge in [0, 0.05) is 12.6 Å². The van der Waals surface area contributed by atoms with Gasteiger partial charge >= 0.3 is 0 Å². The van der Waals surface area contributed by atoms with Crippen molar-refractivity contribution in [3.8, 4) is 0 Å². The molecule has 0 saturated carbocycles. The summed E-state index contributed by atoms with van der Waals surface area (Å²) in [5, 5.41) is 0. The summed E-state index contributed by atoms with van der Waals surface area (Å²) in [4.78, 5) is 14.7. The molecular formula is C9H9N3O. The number of anilines is 1. The molecule has 66 valence electrons. The zero-order valence-corrected chi connectivity index (χ0v) is 7.19. The molecule has 0 spiro atoms. The fourth-order valence-corrected chi connectivity index (χ4v) is 1.35. The van der Waals surface area contributed by atoms with Gasteiger partial charge in [0.25, 0.3) is 0 Å². The lowest BCUT2D eigenvalue weighted by molar-refractivity contribution is 0.112. The number of carbonyl (C=O) groups excluding carboxylic acids is 1. The number of hydrogen-bond acceptors (Lipinski definition) is 3. The van der Waals surface area contributed by atoms with Crippen molar-refractivity contribution in [1.82, 2.24) is 9.55 Å². The molecule has 0 aliphatic rings. The smallest absolute Gasteiger partial charge is 0.200 e. The normalized spacial score (nSPS) is 10.5. The second-order valence-electron chi connectivity index (χ2n) is 2.86. The van der Waals surface area contributed by atoms with Crippen molar-refractivity contribution in [2.75, 3.05) is 5.73 Å². The summed E-state index contributed by atoms with van der Waals surface area (Å²) in [5.41, 5.74) is 7.73. The number of para-hydroxylation sites is 1. The van der Waals surface area contributed by atoms with Crippen LogP contribution in [0.4, 0.5) is 5.95 Å². The number of aromatic nitrogens is 2. The van der Waals surface area contributed by atoms with Gasteiger partial charge in [0.2, 0.25) is 5.95 Å². The van der Waals surface area contributed by atoms with Crippen LogP contribution in [0.25, 0.3) is 11.0 Å². The van der Waals surface area contributed by atoms with Gasteiger partial charge in [-0.3, -0.25) is 4.79 Å². The van der Waals surface area contributed by atoms with Crippen molar-refractivity contribution >= 4 is 23.3 Å². The molecule has 4 heteroatoms. The third kappa shape index (κ3) is 0.989. The molecule has 4 nitrogen and oxygen atoms in total. The van der Waals surface area contributed by atoms with E-state index in [1.165, 1.54) is 0 Å². The maximum absolute atomic E-state index is 10.7. The van der Waals surface area contributed by atoms with Crippen LogP contribution < -0.4 is 5.73 Å². The highest BCUT2D eigenvalue weighted by Gasteiger charge is 2.07. The molecule has 1 heterocycles. The number of aldehydes is 1. The van der Waals surface area contributed by atoms with Gasteiger partial charge in [-0.05, 0) is 12.1 Å². The Bertz CT molecular complexity index is 473. The van der Waals surface area contributed by atoms with E-state index >= 15 is 0 Å². The summed E-state index contributed by atoms with van der Waals surface area (Å²) in [5.74, 6) is 0.421. The maximum Gasteiger partial charge on any atom is 0.200 e. The summed E-state index contributed by atoms with van der Waals surface area (Å²) in [7, 11) is 1.82. The van der Waals surface area contributed by atoms with Crippen molar-refractivity contribution in [3.63, 3.8) is 0 Å². The lowest BCUT2D eigenvalue weighted by Crippen LogP contribution is -1.95. The van der Waals surface area contributed by atoms with Crippen LogP contribution in [-0.2, 0) is 7.05 Å². The Morgan fingerprint density at radius 3 is 3.00 bits per heavy atom. The Hall–Kier alpha value is -1.84. The first-order chi connectivity index (χ1) is 6.24. The Morgan fingerprint density at radius 2 is 2.31 bits per heavy atom. The minimum absolute atomic E-state index is 0.421. The lowest BCUT2D eigenvalue weighted by atomic mass is 10.2. The van der Waals surface area contributed by atoms with Crippen LogP contribution in [-0.4, -0.2) is 15.8 Å². The lowest BCUT2D eigenvalue weighted by Gasteiger charge is -1.95. The number of carbonyl (C=O) groups is 1. The van der Waals surface area contributed by atoms with Crippen LogP contribution in [0.5, 0.6) is 0 Å². The van der Waals surface area contributed by atoms with Crippen LogP contribution in [0.1, 0.15) is 10.4 Å². The van der Waals surface area contributed by atoms with E-state index in [1.54, 1.807) is 10.6 Å². The molecule has 0 fully saturated rings. The Morgan fingerprint density at radius 1 is 1.54 bits per heavy atom. The monoisotopic (exact) mass is 175 g/mol. The van der Waals surface area contributed by atoms with Gasteiger partial charge in [0.15, 0.2) is 6.29 Å². The van der Waals surface area contributed by atoms with E-state index in [4.69, 9.17) is 5.73 Å². The molecule has 0 aliphatic carbocycles. The second kappa shape index (κ2) is 2.58. The number of fused-ring (bicyclic) bond motifs is 1. The minimum Gasteiger partial charge on any atom is -0.369 e. The topological polar surface area (TPSA) is 60.9 Å². The third-order valence-electron chi connectivity index (χ3n) is 2.10. The molecule has 0 saturated heterocycles. The van der Waals surface area contributed by atoms with E-state index in [2.05, 4.69) is 4.98 Å². The van der Waals surface area contributed by atoms with Gasteiger partial charge in [-0.25, -0.2) is 4.98 Å². The molecule has 0 atom stereocenters. The SMILES string of the molecule is Cn1c(N)nc2c(C=O)cccc21. The van der Waals surface area contributed by atoms with E-state index in [-0.39, 0.29) is 0 Å². The summed E-state index contributed by atoms with van der Waals surface area (Å²) in [6.07, 6.45) is 0.786. The van der Waals surface area contributed by atoms with Gasteiger partial charge in [0.1, 0.15) is 5.52 Å². The summed E-state index contributed by atoms with van der Waals surface area (Å²) in [6.45, 7) is 0. The predicted molar refractivity (Wildman–Crippen MR) is 50.5 cm³/mol. The average Bonchev–Trinajstić information content (AvgIpc) is 2.43. The van der Waals surface area contributed by atoms with E-state index in [0.29, 0.717) is 17.0 Å². The first-order valence-corrected chi connectivity index (χ1v) is 3.90. The van der Waals surface area contributed by atoms with Crippen LogP contribution in [0, 0.1) is 0 Å². The first kappa shape index (κ1) is 7.79. The number of hydrogen-bond donors (Lipinski definition) is 1. The molecule has 1 aromatic carbocycles. The van der Waals surface area contributed by atoms with Crippen molar-refractivity contribution in [2.24, 2.45) is 7.05 Å². The Kier molecular flexibility index (Phi) is 1.55. The number of aryl methyl sites for hydroxylation is 1. The number of benzene rings is 1. The van der Waals surface area contributed by atoms with E-state index < -0.39 is 0 Å². The van der Waals surface area contributed by atoms with Crippen LogP contribution in [0.15, 0.2) is 18.2 Å². The highest BCUT2D eigenvalue weighted by molar-refractivity contribution is 5.95. The van der Waals surface area contributed by atoms with Crippen LogP contribution in [0.2, 0.25) is 0 Å². The number of rotatable bonds is 1. The Balaban J connectivity index is 2.92. The zero-order chi connectivity index (χ0) is 9.42. The molecular weight excluding hydrogens is 166 g/mol. The minimum atomic E-state index is 0.421. The molecule has 1 aromatic heterocycles. The molecule has 0 aliphatic heterocycles. The van der Waals surface area contributed by atoms with Crippen molar-refractivity contribution in [2.45, 2.75) is 0 Å². The van der Waals surface area contributed by atoms with Gasteiger partial charge < -0.3 is 10.3 Å². The van der Waals surface area contributed by atoms with E-state index in [0.717, 1.165) is 11.8 Å². The standard InChI is InChI=1S/C9H9N3O/c1-12-7-4-2-3-6(5-13)8(7)11-9(12)10/h2-5H,1H3,(H2,10,11). The van der Waals surface area contributed by atoms with Crippen molar-refractivity contribution < 1.29 is 4.79 Å². The molecule has 0 unspecified atom stereocenters. The molecule has 0 amide bonds. The fraction of sp³-hybridized carbons (Fsp3) is 0.111. The predicted octanol–water partition coefficient (Wildman–Crippen LogP) is 0.968. The number of nitrogens with zero attached hydrogens (tertiary/aromatic N) is 2. The highest BCUT2D eigenvalue weighted by atomic mass is 16.1. The quantitative estimate of drug-likeness (QED) is 0.657. The fourth-order valence-electron chi connectivity index (χ4n) is 1.35. The molecule has 2 aromatic rings. The van der Waals surface area contributed by atoms with Gasteiger partial charge in [-0.2, -0.15) is 0 Å². The van der Waals surface area contributed by atoms with Gasteiger partial charge in [0.05, 0.1) is 5.52 Å².